The molecule has 1 saturated carbocycles. The van der Waals surface area contributed by atoms with Gasteiger partial charge in [0, 0.05) is 30.8 Å². The Labute approximate surface area is 152 Å². The number of H-pyrrole nitrogens is 1. The van der Waals surface area contributed by atoms with Crippen molar-refractivity contribution in [3.63, 3.8) is 0 Å². The predicted molar refractivity (Wildman–Crippen MR) is 95.1 cm³/mol. The van der Waals surface area contributed by atoms with Gasteiger partial charge in [0.2, 0.25) is 10.0 Å². The van der Waals surface area contributed by atoms with Gasteiger partial charge in [0.1, 0.15) is 5.82 Å². The van der Waals surface area contributed by atoms with E-state index in [1.165, 1.54) is 4.31 Å². The zero-order valence-electron chi connectivity index (χ0n) is 14.7. The monoisotopic (exact) mass is 378 g/mol. The quantitative estimate of drug-likeness (QED) is 0.838. The SMILES string of the molecule is CCc1ccccc1S(=O)(=O)N1C[C@@H](CF)[C@H](c2nc(C3CC3)n[nH]2)C1. The number of aromatic nitrogens is 3. The van der Waals surface area contributed by atoms with Crippen molar-refractivity contribution < 1.29 is 12.8 Å². The highest BCUT2D eigenvalue weighted by Gasteiger charge is 2.42. The van der Waals surface area contributed by atoms with Gasteiger partial charge in [-0.1, -0.05) is 25.1 Å². The molecule has 4 rings (SSSR count). The third-order valence-electron chi connectivity index (χ3n) is 5.39. The average Bonchev–Trinajstić information content (AvgIpc) is 3.22. The van der Waals surface area contributed by atoms with Crippen LogP contribution in [0.1, 0.15) is 48.8 Å². The zero-order chi connectivity index (χ0) is 18.3. The van der Waals surface area contributed by atoms with E-state index in [0.717, 1.165) is 24.2 Å². The second-order valence-corrected chi connectivity index (χ2v) is 9.06. The van der Waals surface area contributed by atoms with Crippen molar-refractivity contribution in [3.8, 4) is 0 Å². The summed E-state index contributed by atoms with van der Waals surface area (Å²) >= 11 is 0. The van der Waals surface area contributed by atoms with Crippen LogP contribution in [0, 0.1) is 5.92 Å². The van der Waals surface area contributed by atoms with Crippen molar-refractivity contribution in [3.05, 3.63) is 41.5 Å². The van der Waals surface area contributed by atoms with E-state index in [1.54, 1.807) is 12.1 Å². The van der Waals surface area contributed by atoms with Gasteiger partial charge < -0.3 is 0 Å². The van der Waals surface area contributed by atoms with Gasteiger partial charge in [0.05, 0.1) is 11.6 Å². The lowest BCUT2D eigenvalue weighted by molar-refractivity contribution is 0.346. The second kappa shape index (κ2) is 6.74. The molecule has 0 unspecified atom stereocenters. The van der Waals surface area contributed by atoms with Gasteiger partial charge in [-0.05, 0) is 30.9 Å². The molecular weight excluding hydrogens is 355 g/mol. The van der Waals surface area contributed by atoms with Crippen LogP contribution in [0.25, 0.3) is 0 Å². The fourth-order valence-electron chi connectivity index (χ4n) is 3.66. The highest BCUT2D eigenvalue weighted by molar-refractivity contribution is 7.89. The molecule has 1 aromatic heterocycles. The number of aryl methyl sites for hydroxylation is 1. The highest BCUT2D eigenvalue weighted by Crippen LogP contribution is 2.40. The van der Waals surface area contributed by atoms with Crippen LogP contribution in [0.2, 0.25) is 0 Å². The number of aromatic amines is 1. The fraction of sp³-hybridized carbons (Fsp3) is 0.556. The summed E-state index contributed by atoms with van der Waals surface area (Å²) in [5.74, 6) is 1.09. The summed E-state index contributed by atoms with van der Waals surface area (Å²) < 4.78 is 41.3. The summed E-state index contributed by atoms with van der Waals surface area (Å²) in [6.45, 7) is 1.75. The summed E-state index contributed by atoms with van der Waals surface area (Å²) in [7, 11) is -3.66. The van der Waals surface area contributed by atoms with Gasteiger partial charge in [-0.25, -0.2) is 13.4 Å². The largest absolute Gasteiger partial charge is 0.263 e. The first-order chi connectivity index (χ1) is 12.5. The first-order valence-corrected chi connectivity index (χ1v) is 10.5. The molecule has 140 valence electrons. The Hall–Kier alpha value is -1.80. The maximum atomic E-state index is 13.6. The van der Waals surface area contributed by atoms with Crippen LogP contribution in [0.3, 0.4) is 0 Å². The molecule has 6 nitrogen and oxygen atoms in total. The minimum Gasteiger partial charge on any atom is -0.263 e. The lowest BCUT2D eigenvalue weighted by Crippen LogP contribution is -2.30. The van der Waals surface area contributed by atoms with Crippen LogP contribution in [-0.2, 0) is 16.4 Å². The lowest BCUT2D eigenvalue weighted by Gasteiger charge is -2.18. The van der Waals surface area contributed by atoms with Crippen molar-refractivity contribution in [2.75, 3.05) is 19.8 Å². The molecule has 1 aromatic carbocycles. The van der Waals surface area contributed by atoms with Crippen molar-refractivity contribution in [2.45, 2.75) is 42.9 Å². The van der Waals surface area contributed by atoms with E-state index in [4.69, 9.17) is 0 Å². The van der Waals surface area contributed by atoms with Gasteiger partial charge in [0.25, 0.3) is 0 Å². The molecule has 8 heteroatoms. The maximum Gasteiger partial charge on any atom is 0.243 e. The Balaban J connectivity index is 1.61. The van der Waals surface area contributed by atoms with Gasteiger partial charge >= 0.3 is 0 Å². The molecule has 26 heavy (non-hydrogen) atoms. The number of sulfonamides is 1. The first-order valence-electron chi connectivity index (χ1n) is 9.10. The minimum atomic E-state index is -3.66. The molecule has 1 saturated heterocycles. The van der Waals surface area contributed by atoms with E-state index in [2.05, 4.69) is 15.2 Å². The molecular formula is C18H23FN4O2S. The normalized spacial score (nSPS) is 24.2. The topological polar surface area (TPSA) is 79.0 Å². The Morgan fingerprint density at radius 1 is 1.27 bits per heavy atom. The molecule has 1 N–H and O–H groups in total. The van der Waals surface area contributed by atoms with Gasteiger partial charge in [-0.2, -0.15) is 9.40 Å². The van der Waals surface area contributed by atoms with Crippen molar-refractivity contribution >= 4 is 10.0 Å². The van der Waals surface area contributed by atoms with Crippen molar-refractivity contribution in [2.24, 2.45) is 5.92 Å². The highest BCUT2D eigenvalue weighted by atomic mass is 32.2. The van der Waals surface area contributed by atoms with E-state index in [9.17, 15) is 12.8 Å². The molecule has 2 heterocycles. The number of halogens is 1. The average molecular weight is 378 g/mol. The van der Waals surface area contributed by atoms with Crippen LogP contribution < -0.4 is 0 Å². The Morgan fingerprint density at radius 3 is 2.73 bits per heavy atom. The number of nitrogens with zero attached hydrogens (tertiary/aromatic N) is 3. The number of hydrogen-bond donors (Lipinski definition) is 1. The molecule has 2 atom stereocenters. The third kappa shape index (κ3) is 3.05. The molecule has 0 bridgehead atoms. The van der Waals surface area contributed by atoms with Crippen molar-refractivity contribution in [1.82, 2.24) is 19.5 Å². The third-order valence-corrected chi connectivity index (χ3v) is 7.32. The number of alkyl halides is 1. The minimum absolute atomic E-state index is 0.168. The van der Waals surface area contributed by atoms with E-state index in [-0.39, 0.29) is 19.0 Å². The van der Waals surface area contributed by atoms with Crippen LogP contribution in [0.15, 0.2) is 29.2 Å². The van der Waals surface area contributed by atoms with E-state index in [1.807, 2.05) is 19.1 Å². The van der Waals surface area contributed by atoms with Crippen LogP contribution in [0.5, 0.6) is 0 Å². The molecule has 1 aliphatic carbocycles. The van der Waals surface area contributed by atoms with Gasteiger partial charge in [-0.3, -0.25) is 9.49 Å². The van der Waals surface area contributed by atoms with Crippen LogP contribution in [-0.4, -0.2) is 47.7 Å². The number of hydrogen-bond acceptors (Lipinski definition) is 4. The number of nitrogens with one attached hydrogen (secondary N) is 1. The smallest absolute Gasteiger partial charge is 0.243 e. The zero-order valence-corrected chi connectivity index (χ0v) is 15.5. The summed E-state index contributed by atoms with van der Waals surface area (Å²) in [6.07, 6.45) is 2.80. The molecule has 0 spiro atoms. The van der Waals surface area contributed by atoms with E-state index >= 15 is 0 Å². The summed E-state index contributed by atoms with van der Waals surface area (Å²) in [5.41, 5.74) is 0.781. The summed E-state index contributed by atoms with van der Waals surface area (Å²) in [6, 6.07) is 7.02. The first kappa shape index (κ1) is 17.6. The maximum absolute atomic E-state index is 13.6. The fourth-order valence-corrected chi connectivity index (χ4v) is 5.48. The van der Waals surface area contributed by atoms with Crippen LogP contribution >= 0.6 is 0 Å². The second-order valence-electron chi connectivity index (χ2n) is 7.16. The Kier molecular flexibility index (Phi) is 4.56. The van der Waals surface area contributed by atoms with E-state index < -0.39 is 22.6 Å². The molecule has 2 aromatic rings. The Bertz CT molecular complexity index is 894. The molecule has 2 aliphatic rings. The van der Waals surface area contributed by atoms with Gasteiger partial charge in [0.15, 0.2) is 5.82 Å². The van der Waals surface area contributed by atoms with Crippen LogP contribution in [0.4, 0.5) is 4.39 Å². The predicted octanol–water partition coefficient (Wildman–Crippen LogP) is 2.62. The Morgan fingerprint density at radius 2 is 2.04 bits per heavy atom. The summed E-state index contributed by atoms with van der Waals surface area (Å²) in [4.78, 5) is 4.84. The standard InChI is InChI=1S/C18H23FN4O2S/c1-2-12-5-3-4-6-16(12)26(24,25)23-10-14(9-19)15(11-23)18-20-17(21-22-18)13-7-8-13/h3-6,13-15H,2,7-11H2,1H3,(H,20,21,22)/t14-,15-/m1/s1. The number of rotatable bonds is 6. The summed E-state index contributed by atoms with van der Waals surface area (Å²) in [5, 5.41) is 7.16. The molecule has 2 fully saturated rings. The molecule has 0 radical (unpaired) electrons. The lowest BCUT2D eigenvalue weighted by atomic mass is 9.97. The van der Waals surface area contributed by atoms with Gasteiger partial charge in [-0.15, -0.1) is 0 Å². The number of benzene rings is 1. The van der Waals surface area contributed by atoms with E-state index in [0.29, 0.717) is 23.1 Å². The van der Waals surface area contributed by atoms with Crippen molar-refractivity contribution in [1.29, 1.82) is 0 Å². The molecule has 1 aliphatic heterocycles. The molecule has 0 amide bonds.